The molecule has 0 aromatic carbocycles. The van der Waals surface area contributed by atoms with Crippen LogP contribution in [-0.4, -0.2) is 63.8 Å². The Bertz CT molecular complexity index is 1180. The van der Waals surface area contributed by atoms with E-state index in [0.29, 0.717) is 24.2 Å². The molecule has 3 fully saturated rings. The van der Waals surface area contributed by atoms with Crippen molar-refractivity contribution < 1.29 is 29.4 Å². The molecule has 10 heteroatoms. The van der Waals surface area contributed by atoms with Crippen LogP contribution in [-0.2, 0) is 19.2 Å². The summed E-state index contributed by atoms with van der Waals surface area (Å²) in [4.78, 5) is 41.8. The third-order valence-electron chi connectivity index (χ3n) is 11.0. The fraction of sp³-hybridized carbons (Fsp3) is 0.750. The summed E-state index contributed by atoms with van der Waals surface area (Å²) >= 11 is 4.11. The monoisotopic (exact) mass is 601 g/mol. The molecule has 42 heavy (non-hydrogen) atoms. The van der Waals surface area contributed by atoms with Crippen LogP contribution in [0.3, 0.4) is 0 Å². The Morgan fingerprint density at radius 2 is 1.86 bits per heavy atom. The van der Waals surface area contributed by atoms with E-state index in [1.165, 1.54) is 5.57 Å². The van der Waals surface area contributed by atoms with Gasteiger partial charge in [-0.05, 0) is 86.5 Å². The van der Waals surface area contributed by atoms with Gasteiger partial charge in [-0.1, -0.05) is 44.3 Å². The average molecular weight is 602 g/mol. The van der Waals surface area contributed by atoms with E-state index in [1.807, 2.05) is 0 Å². The van der Waals surface area contributed by atoms with E-state index in [1.54, 1.807) is 13.8 Å². The van der Waals surface area contributed by atoms with E-state index in [-0.39, 0.29) is 35.5 Å². The number of nitrogens with one attached hydrogen (secondary N) is 2. The molecule has 8 unspecified atom stereocenters. The molecule has 8 atom stereocenters. The van der Waals surface area contributed by atoms with Crippen molar-refractivity contribution in [1.29, 1.82) is 0 Å². The van der Waals surface area contributed by atoms with Crippen molar-refractivity contribution in [1.82, 2.24) is 10.6 Å². The molecule has 4 aliphatic carbocycles. The van der Waals surface area contributed by atoms with Crippen molar-refractivity contribution in [2.45, 2.75) is 103 Å². The minimum atomic E-state index is -1.04. The second-order valence-electron chi connectivity index (χ2n) is 13.6. The quantitative estimate of drug-likeness (QED) is 0.147. The van der Waals surface area contributed by atoms with Crippen LogP contribution in [0.15, 0.2) is 16.8 Å². The lowest BCUT2D eigenvalue weighted by atomic mass is 9.46. The zero-order valence-electron chi connectivity index (χ0n) is 25.3. The molecule has 0 aromatic heterocycles. The Balaban J connectivity index is 1.35. The van der Waals surface area contributed by atoms with E-state index in [0.717, 1.165) is 50.7 Å². The number of carboxylic acids is 1. The lowest BCUT2D eigenvalue weighted by molar-refractivity contribution is -0.138. The summed E-state index contributed by atoms with van der Waals surface area (Å²) in [5.74, 6) is 2.30. The second-order valence-corrected chi connectivity index (χ2v) is 14.0. The molecule has 3 saturated carbocycles. The third-order valence-corrected chi connectivity index (χ3v) is 11.4. The van der Waals surface area contributed by atoms with Crippen molar-refractivity contribution in [2.75, 3.05) is 12.4 Å². The van der Waals surface area contributed by atoms with Crippen LogP contribution in [0.2, 0.25) is 0 Å². The van der Waals surface area contributed by atoms with Gasteiger partial charge in [0, 0.05) is 17.2 Å². The first kappa shape index (κ1) is 32.4. The number of fused-ring (bicyclic) bond motifs is 5. The smallest absolute Gasteiger partial charge is 0.305 e. The van der Waals surface area contributed by atoms with Gasteiger partial charge in [0.1, 0.15) is 11.6 Å². The summed E-state index contributed by atoms with van der Waals surface area (Å²) in [7, 11) is 0. The van der Waals surface area contributed by atoms with Gasteiger partial charge in [-0.2, -0.15) is 12.6 Å². The average Bonchev–Trinajstić information content (AvgIpc) is 3.21. The Hall–Kier alpha value is -2.51. The Kier molecular flexibility index (Phi) is 9.73. The summed E-state index contributed by atoms with van der Waals surface area (Å²) in [5.41, 5.74) is 1.09. The SMILES string of the molecule is C#CC1(O)CCC2C3CCC4=CC(=NOCC(=O)NC(C(=O)NC(CS)CC(=O)O)C(C)C)CCC4(C)C3CCC21C. The highest BCUT2D eigenvalue weighted by Gasteiger charge is 2.63. The molecule has 0 bridgehead atoms. The highest BCUT2D eigenvalue weighted by atomic mass is 32.1. The van der Waals surface area contributed by atoms with Crippen LogP contribution in [0, 0.1) is 46.8 Å². The highest BCUT2D eigenvalue weighted by molar-refractivity contribution is 7.80. The predicted octanol–water partition coefficient (Wildman–Crippen LogP) is 3.72. The van der Waals surface area contributed by atoms with Crippen LogP contribution in [0.4, 0.5) is 0 Å². The number of rotatable bonds is 10. The molecule has 9 nitrogen and oxygen atoms in total. The molecule has 0 aromatic rings. The molecule has 4 rings (SSSR count). The molecule has 4 aliphatic rings. The number of carbonyl (C=O) groups is 3. The zero-order chi connectivity index (χ0) is 30.9. The number of oxime groups is 1. The number of aliphatic hydroxyl groups is 1. The van der Waals surface area contributed by atoms with Crippen LogP contribution in [0.25, 0.3) is 0 Å². The number of hydrogen-bond acceptors (Lipinski definition) is 7. The molecule has 0 spiro atoms. The van der Waals surface area contributed by atoms with E-state index in [4.69, 9.17) is 16.4 Å². The van der Waals surface area contributed by atoms with E-state index < -0.39 is 35.5 Å². The number of thiol groups is 1. The number of aliphatic carboxylic acids is 1. The van der Waals surface area contributed by atoms with Crippen LogP contribution >= 0.6 is 12.6 Å². The fourth-order valence-corrected chi connectivity index (χ4v) is 8.70. The molecule has 0 radical (unpaired) electrons. The van der Waals surface area contributed by atoms with Crippen LogP contribution in [0.1, 0.15) is 85.5 Å². The summed E-state index contributed by atoms with van der Waals surface area (Å²) in [5, 5.41) is 29.9. The molecule has 4 N–H and O–H groups in total. The Morgan fingerprint density at radius 1 is 1.14 bits per heavy atom. The minimum absolute atomic E-state index is 0.0842. The molecule has 2 amide bonds. The zero-order valence-corrected chi connectivity index (χ0v) is 26.2. The highest BCUT2D eigenvalue weighted by Crippen LogP contribution is 2.67. The maximum absolute atomic E-state index is 12.7. The van der Waals surface area contributed by atoms with Gasteiger partial charge >= 0.3 is 5.97 Å². The number of amides is 2. The number of hydrogen-bond donors (Lipinski definition) is 5. The van der Waals surface area contributed by atoms with Gasteiger partial charge in [-0.3, -0.25) is 14.4 Å². The Morgan fingerprint density at radius 3 is 2.50 bits per heavy atom. The van der Waals surface area contributed by atoms with Crippen LogP contribution in [0.5, 0.6) is 0 Å². The maximum Gasteiger partial charge on any atom is 0.305 e. The van der Waals surface area contributed by atoms with Crippen molar-refractivity contribution in [3.8, 4) is 12.3 Å². The van der Waals surface area contributed by atoms with Crippen molar-refractivity contribution in [3.63, 3.8) is 0 Å². The first-order valence-corrected chi connectivity index (χ1v) is 15.9. The van der Waals surface area contributed by atoms with Gasteiger partial charge in [0.2, 0.25) is 5.91 Å². The first-order valence-electron chi connectivity index (χ1n) is 15.3. The van der Waals surface area contributed by atoms with Crippen LogP contribution < -0.4 is 10.6 Å². The molecule has 0 heterocycles. The van der Waals surface area contributed by atoms with E-state index in [2.05, 4.69) is 54.3 Å². The lowest BCUT2D eigenvalue weighted by Gasteiger charge is -2.58. The second kappa shape index (κ2) is 12.6. The summed E-state index contributed by atoms with van der Waals surface area (Å²) in [6.07, 6.45) is 15.2. The molecular formula is C32H47N3O6S. The topological polar surface area (TPSA) is 137 Å². The van der Waals surface area contributed by atoms with E-state index in [9.17, 15) is 19.5 Å². The van der Waals surface area contributed by atoms with Crippen molar-refractivity contribution in [2.24, 2.45) is 39.7 Å². The minimum Gasteiger partial charge on any atom is -0.481 e. The normalized spacial score (nSPS) is 36.0. The molecule has 0 saturated heterocycles. The molecular weight excluding hydrogens is 554 g/mol. The number of allylic oxidation sites excluding steroid dienone is 2. The van der Waals surface area contributed by atoms with Gasteiger partial charge in [0.25, 0.3) is 5.91 Å². The number of carbonyl (C=O) groups excluding carboxylic acids is 2. The summed E-state index contributed by atoms with van der Waals surface area (Å²) < 4.78 is 0. The molecule has 232 valence electrons. The maximum atomic E-state index is 12.7. The number of carboxylic acid groups (broad SMARTS) is 1. The third kappa shape index (κ3) is 6.10. The Labute approximate surface area is 255 Å². The lowest BCUT2D eigenvalue weighted by Crippen LogP contribution is -2.54. The predicted molar refractivity (Wildman–Crippen MR) is 164 cm³/mol. The van der Waals surface area contributed by atoms with Crippen molar-refractivity contribution in [3.05, 3.63) is 11.6 Å². The van der Waals surface area contributed by atoms with Gasteiger partial charge < -0.3 is 25.7 Å². The van der Waals surface area contributed by atoms with Gasteiger partial charge in [-0.25, -0.2) is 0 Å². The summed E-state index contributed by atoms with van der Waals surface area (Å²) in [6, 6.07) is -1.48. The van der Waals surface area contributed by atoms with Gasteiger partial charge in [0.15, 0.2) is 6.61 Å². The number of nitrogens with zero attached hydrogens (tertiary/aromatic N) is 1. The molecule has 0 aliphatic heterocycles. The first-order chi connectivity index (χ1) is 19.8. The van der Waals surface area contributed by atoms with E-state index >= 15 is 0 Å². The van der Waals surface area contributed by atoms with Crippen molar-refractivity contribution >= 4 is 36.1 Å². The fourth-order valence-electron chi connectivity index (χ4n) is 8.48. The number of terminal acetylenes is 1. The van der Waals surface area contributed by atoms with Gasteiger partial charge in [0.05, 0.1) is 12.1 Å². The summed E-state index contributed by atoms with van der Waals surface area (Å²) in [6.45, 7) is 7.87. The van der Waals surface area contributed by atoms with Gasteiger partial charge in [-0.15, -0.1) is 6.42 Å². The standard InChI is InChI=1S/C32H47N3O6S/c1-6-32(40)14-11-25-23-8-7-20-15-21(9-12-30(20,4)24(23)10-13-31(25,32)5)35-41-17-26(36)34-28(19(2)3)29(39)33-22(18-42)16-27(37)38/h1,15,19,22-25,28,40,42H,7-14,16-18H2,2-5H3,(H,33,39)(H,34,36)(H,37,38). The largest absolute Gasteiger partial charge is 0.481 e.